The Bertz CT molecular complexity index is 772. The molecule has 6 heteroatoms. The number of amides is 2. The molecule has 0 bridgehead atoms. The molecule has 1 aromatic rings. The van der Waals surface area contributed by atoms with Gasteiger partial charge in [-0.1, -0.05) is 13.8 Å². The van der Waals surface area contributed by atoms with Crippen LogP contribution >= 0.6 is 0 Å². The van der Waals surface area contributed by atoms with Crippen molar-refractivity contribution in [1.82, 2.24) is 14.9 Å². The van der Waals surface area contributed by atoms with E-state index in [0.717, 1.165) is 61.7 Å². The Balaban J connectivity index is 1.67. The maximum atomic E-state index is 12.8. The van der Waals surface area contributed by atoms with E-state index in [0.29, 0.717) is 24.7 Å². The summed E-state index contributed by atoms with van der Waals surface area (Å²) in [5.74, 6) is 2.88. The number of carbonyl (C=O) groups is 2. The SMILES string of the molecule is Cc1nc([C@@H]2CCCCN2C(=O)CC(C)C)nc2c1CCC(=O)N2CC1CC1. The van der Waals surface area contributed by atoms with E-state index < -0.39 is 0 Å². The number of anilines is 1. The predicted octanol–water partition coefficient (Wildman–Crippen LogP) is 3.57. The summed E-state index contributed by atoms with van der Waals surface area (Å²) in [5.41, 5.74) is 2.08. The lowest BCUT2D eigenvalue weighted by atomic mass is 9.98. The third-order valence-corrected chi connectivity index (χ3v) is 6.20. The van der Waals surface area contributed by atoms with Crippen molar-refractivity contribution >= 4 is 17.6 Å². The molecule has 2 aliphatic heterocycles. The molecule has 0 aromatic carbocycles. The largest absolute Gasteiger partial charge is 0.332 e. The minimum absolute atomic E-state index is 0.0659. The van der Waals surface area contributed by atoms with Crippen molar-refractivity contribution in [2.45, 2.75) is 78.2 Å². The van der Waals surface area contributed by atoms with Gasteiger partial charge < -0.3 is 4.90 Å². The fourth-order valence-corrected chi connectivity index (χ4v) is 4.46. The first-order valence-corrected chi connectivity index (χ1v) is 10.9. The van der Waals surface area contributed by atoms with Gasteiger partial charge in [0.2, 0.25) is 11.8 Å². The van der Waals surface area contributed by atoms with Crippen molar-refractivity contribution in [3.8, 4) is 0 Å². The number of rotatable bonds is 5. The van der Waals surface area contributed by atoms with E-state index in [2.05, 4.69) is 13.8 Å². The molecule has 1 aromatic heterocycles. The Morgan fingerprint density at radius 2 is 1.93 bits per heavy atom. The van der Waals surface area contributed by atoms with Crippen molar-refractivity contribution in [3.05, 3.63) is 17.1 Å². The van der Waals surface area contributed by atoms with E-state index in [1.165, 1.54) is 12.8 Å². The van der Waals surface area contributed by atoms with Gasteiger partial charge in [0, 0.05) is 37.2 Å². The van der Waals surface area contributed by atoms with Crippen LogP contribution in [0.15, 0.2) is 0 Å². The summed E-state index contributed by atoms with van der Waals surface area (Å²) in [6.07, 6.45) is 7.27. The first-order valence-electron chi connectivity index (χ1n) is 10.9. The van der Waals surface area contributed by atoms with Crippen LogP contribution in [-0.4, -0.2) is 39.8 Å². The number of aromatic nitrogens is 2. The van der Waals surface area contributed by atoms with Crippen molar-refractivity contribution in [3.63, 3.8) is 0 Å². The number of hydrogen-bond donors (Lipinski definition) is 0. The third kappa shape index (κ3) is 3.91. The maximum Gasteiger partial charge on any atom is 0.228 e. The molecule has 0 spiro atoms. The van der Waals surface area contributed by atoms with Crippen LogP contribution < -0.4 is 4.90 Å². The summed E-state index contributed by atoms with van der Waals surface area (Å²) in [6.45, 7) is 7.75. The van der Waals surface area contributed by atoms with Crippen LogP contribution in [0, 0.1) is 18.8 Å². The van der Waals surface area contributed by atoms with Gasteiger partial charge in [0.05, 0.1) is 6.04 Å². The van der Waals surface area contributed by atoms with Gasteiger partial charge in [-0.2, -0.15) is 0 Å². The third-order valence-electron chi connectivity index (χ3n) is 6.20. The fraction of sp³-hybridized carbons (Fsp3) is 0.727. The van der Waals surface area contributed by atoms with Gasteiger partial charge in [0.1, 0.15) is 5.82 Å². The standard InChI is InChI=1S/C22H32N4O2/c1-14(2)12-20(28)25-11-5-4-6-18(25)21-23-15(3)17-9-10-19(27)26(22(17)24-21)13-16-7-8-16/h14,16,18H,4-13H2,1-3H3/t18-/m0/s1. The minimum Gasteiger partial charge on any atom is -0.332 e. The molecule has 3 aliphatic rings. The van der Waals surface area contributed by atoms with Crippen LogP contribution in [0.5, 0.6) is 0 Å². The molecule has 152 valence electrons. The van der Waals surface area contributed by atoms with Gasteiger partial charge in [0.15, 0.2) is 5.82 Å². The predicted molar refractivity (Wildman–Crippen MR) is 108 cm³/mol. The average molecular weight is 385 g/mol. The lowest BCUT2D eigenvalue weighted by molar-refractivity contribution is -0.136. The van der Waals surface area contributed by atoms with E-state index in [-0.39, 0.29) is 17.9 Å². The van der Waals surface area contributed by atoms with Crippen LogP contribution in [0.25, 0.3) is 0 Å². The fourth-order valence-electron chi connectivity index (χ4n) is 4.46. The van der Waals surface area contributed by atoms with Gasteiger partial charge in [-0.3, -0.25) is 14.5 Å². The molecule has 2 amide bonds. The molecule has 2 fully saturated rings. The Labute approximate surface area is 167 Å². The smallest absolute Gasteiger partial charge is 0.228 e. The van der Waals surface area contributed by atoms with Crippen molar-refractivity contribution in [1.29, 1.82) is 0 Å². The van der Waals surface area contributed by atoms with Crippen LogP contribution in [0.1, 0.15) is 81.9 Å². The number of hydrogen-bond acceptors (Lipinski definition) is 4. The number of nitrogens with zero attached hydrogens (tertiary/aromatic N) is 4. The zero-order valence-electron chi connectivity index (χ0n) is 17.4. The van der Waals surface area contributed by atoms with Crippen LogP contribution in [0.4, 0.5) is 5.82 Å². The lowest BCUT2D eigenvalue weighted by Gasteiger charge is -2.36. The molecule has 3 heterocycles. The zero-order valence-corrected chi connectivity index (χ0v) is 17.4. The van der Waals surface area contributed by atoms with E-state index >= 15 is 0 Å². The molecule has 28 heavy (non-hydrogen) atoms. The summed E-state index contributed by atoms with van der Waals surface area (Å²) in [6, 6.07) is -0.0659. The summed E-state index contributed by atoms with van der Waals surface area (Å²) in [5, 5.41) is 0. The molecule has 1 saturated carbocycles. The molecule has 0 unspecified atom stereocenters. The Morgan fingerprint density at radius 1 is 1.14 bits per heavy atom. The molecule has 1 aliphatic carbocycles. The van der Waals surface area contributed by atoms with Crippen LogP contribution in [0.2, 0.25) is 0 Å². The second kappa shape index (κ2) is 7.80. The molecule has 6 nitrogen and oxygen atoms in total. The van der Waals surface area contributed by atoms with Gasteiger partial charge in [0.25, 0.3) is 0 Å². The summed E-state index contributed by atoms with van der Waals surface area (Å²) in [7, 11) is 0. The average Bonchev–Trinajstić information content (AvgIpc) is 3.47. The Morgan fingerprint density at radius 3 is 2.64 bits per heavy atom. The highest BCUT2D eigenvalue weighted by molar-refractivity contribution is 5.95. The highest BCUT2D eigenvalue weighted by Gasteiger charge is 2.35. The van der Waals surface area contributed by atoms with Crippen LogP contribution in [-0.2, 0) is 16.0 Å². The number of fused-ring (bicyclic) bond motifs is 1. The van der Waals surface area contributed by atoms with Gasteiger partial charge in [-0.05, 0) is 57.3 Å². The van der Waals surface area contributed by atoms with Gasteiger partial charge in [-0.25, -0.2) is 9.97 Å². The van der Waals surface area contributed by atoms with E-state index in [1.807, 2.05) is 16.7 Å². The quantitative estimate of drug-likeness (QED) is 0.778. The Kier molecular flexibility index (Phi) is 5.39. The lowest BCUT2D eigenvalue weighted by Crippen LogP contribution is -2.41. The topological polar surface area (TPSA) is 66.4 Å². The van der Waals surface area contributed by atoms with E-state index in [4.69, 9.17) is 9.97 Å². The van der Waals surface area contributed by atoms with Gasteiger partial charge in [-0.15, -0.1) is 0 Å². The normalized spacial score (nSPS) is 22.6. The molecule has 0 N–H and O–H groups in total. The number of likely N-dealkylation sites (tertiary alicyclic amines) is 1. The summed E-state index contributed by atoms with van der Waals surface area (Å²) < 4.78 is 0. The van der Waals surface area contributed by atoms with Crippen molar-refractivity contribution < 1.29 is 9.59 Å². The first-order chi connectivity index (χ1) is 13.4. The molecule has 0 radical (unpaired) electrons. The van der Waals surface area contributed by atoms with Crippen LogP contribution in [0.3, 0.4) is 0 Å². The highest BCUT2D eigenvalue weighted by atomic mass is 16.2. The molecule has 4 rings (SSSR count). The molecule has 1 saturated heterocycles. The molecular formula is C22H32N4O2. The second-order valence-electron chi connectivity index (χ2n) is 9.11. The summed E-state index contributed by atoms with van der Waals surface area (Å²) in [4.78, 5) is 39.1. The Hall–Kier alpha value is -1.98. The van der Waals surface area contributed by atoms with E-state index in [9.17, 15) is 9.59 Å². The monoisotopic (exact) mass is 384 g/mol. The number of carbonyl (C=O) groups excluding carboxylic acids is 2. The number of piperidine rings is 1. The maximum absolute atomic E-state index is 12.8. The summed E-state index contributed by atoms with van der Waals surface area (Å²) >= 11 is 0. The van der Waals surface area contributed by atoms with E-state index in [1.54, 1.807) is 0 Å². The van der Waals surface area contributed by atoms with Crippen molar-refractivity contribution in [2.24, 2.45) is 11.8 Å². The minimum atomic E-state index is -0.0659. The molecular weight excluding hydrogens is 352 g/mol. The highest BCUT2D eigenvalue weighted by Crippen LogP contribution is 2.37. The first kappa shape index (κ1) is 19.3. The zero-order chi connectivity index (χ0) is 19.8. The van der Waals surface area contributed by atoms with Gasteiger partial charge >= 0.3 is 0 Å². The number of aryl methyl sites for hydroxylation is 1. The second-order valence-corrected chi connectivity index (χ2v) is 9.11. The molecule has 1 atom stereocenters. The van der Waals surface area contributed by atoms with Crippen molar-refractivity contribution in [2.75, 3.05) is 18.0 Å².